The van der Waals surface area contributed by atoms with Gasteiger partial charge in [0, 0.05) is 25.3 Å². The maximum Gasteiger partial charge on any atom is 0.335 e. The molecule has 1 fully saturated rings. The number of benzene rings is 2. The predicted molar refractivity (Wildman–Crippen MR) is 105 cm³/mol. The molecule has 3 N–H and O–H groups in total. The van der Waals surface area contributed by atoms with E-state index >= 15 is 0 Å². The Hall–Kier alpha value is -2.93. The summed E-state index contributed by atoms with van der Waals surface area (Å²) >= 11 is 0. The van der Waals surface area contributed by atoms with Crippen LogP contribution in [0.25, 0.3) is 0 Å². The number of amides is 2. The average molecular weight is 385 g/mol. The second kappa shape index (κ2) is 9.32. The molecule has 0 saturated carbocycles. The Kier molecular flexibility index (Phi) is 6.60. The van der Waals surface area contributed by atoms with E-state index in [1.807, 2.05) is 12.1 Å². The molecule has 2 aromatic rings. The number of hydrogen-bond acceptors (Lipinski definition) is 3. The topological polar surface area (TPSA) is 81.7 Å². The van der Waals surface area contributed by atoms with Gasteiger partial charge in [0.2, 0.25) is 0 Å². The van der Waals surface area contributed by atoms with Crippen LogP contribution in [-0.2, 0) is 6.54 Å². The van der Waals surface area contributed by atoms with Crippen molar-refractivity contribution in [2.24, 2.45) is 5.92 Å². The summed E-state index contributed by atoms with van der Waals surface area (Å²) in [6.45, 7) is 3.15. The highest BCUT2D eigenvalue weighted by atomic mass is 19.1. The summed E-state index contributed by atoms with van der Waals surface area (Å²) in [6, 6.07) is 12.4. The number of carboxylic acid groups (broad SMARTS) is 1. The van der Waals surface area contributed by atoms with Gasteiger partial charge in [0.15, 0.2) is 0 Å². The number of piperidine rings is 1. The zero-order valence-electron chi connectivity index (χ0n) is 15.5. The van der Waals surface area contributed by atoms with E-state index in [4.69, 9.17) is 5.11 Å². The number of anilines is 1. The first-order chi connectivity index (χ1) is 13.5. The largest absolute Gasteiger partial charge is 0.478 e. The second-order valence-corrected chi connectivity index (χ2v) is 7.09. The van der Waals surface area contributed by atoms with Gasteiger partial charge in [-0.15, -0.1) is 0 Å². The monoisotopic (exact) mass is 385 g/mol. The Labute approximate surface area is 163 Å². The van der Waals surface area contributed by atoms with Crippen LogP contribution in [0.15, 0.2) is 48.5 Å². The first kappa shape index (κ1) is 19.8. The number of halogens is 1. The third kappa shape index (κ3) is 5.79. The summed E-state index contributed by atoms with van der Waals surface area (Å²) in [5, 5.41) is 14.5. The van der Waals surface area contributed by atoms with Gasteiger partial charge in [-0.25, -0.2) is 14.0 Å². The van der Waals surface area contributed by atoms with Crippen molar-refractivity contribution < 1.29 is 19.1 Å². The molecule has 1 heterocycles. The standard InChI is InChI=1S/C21H24FN3O3/c22-18-4-1-5-19(11-18)24-21(28)23-12-16-3-2-10-25(14-16)13-15-6-8-17(9-7-15)20(26)27/h1,4-9,11,16H,2-3,10,12-14H2,(H,26,27)(H2,23,24,28). The van der Waals surface area contributed by atoms with Gasteiger partial charge >= 0.3 is 12.0 Å². The van der Waals surface area contributed by atoms with Crippen LogP contribution < -0.4 is 10.6 Å². The Morgan fingerprint density at radius 3 is 2.68 bits per heavy atom. The lowest BCUT2D eigenvalue weighted by Gasteiger charge is -2.32. The van der Waals surface area contributed by atoms with Gasteiger partial charge in [-0.3, -0.25) is 4.90 Å². The Bertz CT molecular complexity index is 826. The zero-order chi connectivity index (χ0) is 19.9. The number of likely N-dealkylation sites (tertiary alicyclic amines) is 1. The van der Waals surface area contributed by atoms with Crippen molar-refractivity contribution in [3.05, 3.63) is 65.5 Å². The molecule has 0 bridgehead atoms. The molecule has 1 unspecified atom stereocenters. The normalized spacial score (nSPS) is 17.1. The smallest absolute Gasteiger partial charge is 0.335 e. The van der Waals surface area contributed by atoms with Crippen molar-refractivity contribution in [2.45, 2.75) is 19.4 Å². The summed E-state index contributed by atoms with van der Waals surface area (Å²) in [5.74, 6) is -0.977. The molecular formula is C21H24FN3O3. The lowest BCUT2D eigenvalue weighted by molar-refractivity contribution is 0.0697. The molecule has 0 spiro atoms. The van der Waals surface area contributed by atoms with Crippen molar-refractivity contribution in [1.29, 1.82) is 0 Å². The molecular weight excluding hydrogens is 361 g/mol. The van der Waals surface area contributed by atoms with Crippen LogP contribution in [0.5, 0.6) is 0 Å². The van der Waals surface area contributed by atoms with E-state index in [2.05, 4.69) is 15.5 Å². The molecule has 28 heavy (non-hydrogen) atoms. The van der Waals surface area contributed by atoms with E-state index in [-0.39, 0.29) is 11.6 Å². The molecule has 1 saturated heterocycles. The highest BCUT2D eigenvalue weighted by Gasteiger charge is 2.20. The number of nitrogens with one attached hydrogen (secondary N) is 2. The predicted octanol–water partition coefficient (Wildman–Crippen LogP) is 3.56. The molecule has 3 rings (SSSR count). The van der Waals surface area contributed by atoms with Gasteiger partial charge in [-0.2, -0.15) is 0 Å². The van der Waals surface area contributed by atoms with Crippen molar-refractivity contribution in [2.75, 3.05) is 25.0 Å². The molecule has 0 radical (unpaired) electrons. The molecule has 1 atom stereocenters. The summed E-state index contributed by atoms with van der Waals surface area (Å²) in [4.78, 5) is 25.3. The fourth-order valence-electron chi connectivity index (χ4n) is 3.45. The Morgan fingerprint density at radius 2 is 1.96 bits per heavy atom. The zero-order valence-corrected chi connectivity index (χ0v) is 15.5. The maximum atomic E-state index is 13.2. The first-order valence-electron chi connectivity index (χ1n) is 9.34. The molecule has 7 heteroatoms. The van der Waals surface area contributed by atoms with Crippen LogP contribution >= 0.6 is 0 Å². The number of carbonyl (C=O) groups is 2. The van der Waals surface area contributed by atoms with Gasteiger partial charge in [0.05, 0.1) is 5.56 Å². The molecule has 0 aliphatic carbocycles. The van der Waals surface area contributed by atoms with E-state index in [9.17, 15) is 14.0 Å². The third-order valence-corrected chi connectivity index (χ3v) is 4.84. The van der Waals surface area contributed by atoms with Crippen molar-refractivity contribution >= 4 is 17.7 Å². The van der Waals surface area contributed by atoms with Crippen LogP contribution in [0, 0.1) is 11.7 Å². The lowest BCUT2D eigenvalue weighted by Crippen LogP contribution is -2.41. The quantitative estimate of drug-likeness (QED) is 0.710. The van der Waals surface area contributed by atoms with Crippen molar-refractivity contribution in [3.63, 3.8) is 0 Å². The van der Waals surface area contributed by atoms with Crippen molar-refractivity contribution in [3.8, 4) is 0 Å². The van der Waals surface area contributed by atoms with Crippen LogP contribution in [0.1, 0.15) is 28.8 Å². The summed E-state index contributed by atoms with van der Waals surface area (Å²) in [5.41, 5.74) is 1.78. The number of carboxylic acids is 1. The van der Waals surface area contributed by atoms with Gasteiger partial charge in [-0.1, -0.05) is 18.2 Å². The van der Waals surface area contributed by atoms with E-state index < -0.39 is 11.8 Å². The molecule has 1 aliphatic heterocycles. The van der Waals surface area contributed by atoms with Crippen LogP contribution in [-0.4, -0.2) is 41.6 Å². The Balaban J connectivity index is 1.45. The van der Waals surface area contributed by atoms with Crippen LogP contribution in [0.2, 0.25) is 0 Å². The number of aromatic carboxylic acids is 1. The fourth-order valence-corrected chi connectivity index (χ4v) is 3.45. The average Bonchev–Trinajstić information content (AvgIpc) is 2.67. The van der Waals surface area contributed by atoms with Gasteiger partial charge in [0.1, 0.15) is 5.82 Å². The SMILES string of the molecule is O=C(NCC1CCCN(Cc2ccc(C(=O)O)cc2)C1)Nc1cccc(F)c1. The molecule has 2 aromatic carbocycles. The first-order valence-corrected chi connectivity index (χ1v) is 9.34. The van der Waals surface area contributed by atoms with E-state index in [0.717, 1.165) is 38.0 Å². The minimum Gasteiger partial charge on any atom is -0.478 e. The summed E-state index contributed by atoms with van der Waals surface area (Å²) in [6.07, 6.45) is 2.08. The van der Waals surface area contributed by atoms with Gasteiger partial charge in [0.25, 0.3) is 0 Å². The maximum absolute atomic E-state index is 13.2. The number of rotatable bonds is 6. The Morgan fingerprint density at radius 1 is 1.18 bits per heavy atom. The number of nitrogens with zero attached hydrogens (tertiary/aromatic N) is 1. The molecule has 6 nitrogen and oxygen atoms in total. The molecule has 1 aliphatic rings. The second-order valence-electron chi connectivity index (χ2n) is 7.09. The van der Waals surface area contributed by atoms with E-state index in [0.29, 0.717) is 18.2 Å². The third-order valence-electron chi connectivity index (χ3n) is 4.84. The minimum absolute atomic E-state index is 0.286. The van der Waals surface area contributed by atoms with Gasteiger partial charge < -0.3 is 15.7 Å². The lowest BCUT2D eigenvalue weighted by atomic mass is 9.97. The highest BCUT2D eigenvalue weighted by molar-refractivity contribution is 5.89. The highest BCUT2D eigenvalue weighted by Crippen LogP contribution is 2.18. The number of hydrogen-bond donors (Lipinski definition) is 3. The molecule has 2 amide bonds. The number of carbonyl (C=O) groups excluding carboxylic acids is 1. The molecule has 0 aromatic heterocycles. The van der Waals surface area contributed by atoms with Crippen molar-refractivity contribution in [1.82, 2.24) is 10.2 Å². The summed E-state index contributed by atoms with van der Waals surface area (Å²) in [7, 11) is 0. The fraction of sp³-hybridized carbons (Fsp3) is 0.333. The van der Waals surface area contributed by atoms with Gasteiger partial charge in [-0.05, 0) is 61.2 Å². The minimum atomic E-state index is -0.924. The van der Waals surface area contributed by atoms with Crippen LogP contribution in [0.4, 0.5) is 14.9 Å². The molecule has 148 valence electrons. The van der Waals surface area contributed by atoms with E-state index in [1.54, 1.807) is 24.3 Å². The van der Waals surface area contributed by atoms with E-state index in [1.165, 1.54) is 12.1 Å². The number of urea groups is 1. The van der Waals surface area contributed by atoms with Crippen LogP contribution in [0.3, 0.4) is 0 Å². The summed E-state index contributed by atoms with van der Waals surface area (Å²) < 4.78 is 13.2.